The van der Waals surface area contributed by atoms with E-state index in [1.807, 2.05) is 18.2 Å². The molecule has 5 heteroatoms. The third kappa shape index (κ3) is 3.82. The minimum absolute atomic E-state index is 0. The third-order valence-electron chi connectivity index (χ3n) is 2.46. The molecule has 0 N–H and O–H groups in total. The maximum atomic E-state index is 12.0. The molecule has 1 aromatic carbocycles. The number of hydrogen-bond donors (Lipinski definition) is 0. The second-order valence-corrected chi connectivity index (χ2v) is 5.81. The summed E-state index contributed by atoms with van der Waals surface area (Å²) in [5, 5.41) is 0. The average molecular weight is 284 g/mol. The molecule has 0 aliphatic rings. The molecule has 0 atom stereocenters. The first-order valence-electron chi connectivity index (χ1n) is 5.36. The highest BCUT2D eigenvalue weighted by Crippen LogP contribution is 2.11. The lowest BCUT2D eigenvalue weighted by molar-refractivity contribution is 0.595. The van der Waals surface area contributed by atoms with Crippen molar-refractivity contribution in [1.29, 1.82) is 0 Å². The molecular formula is C13H14ClNO2S. The molecule has 0 bridgehead atoms. The van der Waals surface area contributed by atoms with Crippen LogP contribution in [0, 0.1) is 0 Å². The van der Waals surface area contributed by atoms with Crippen molar-refractivity contribution in [1.82, 2.24) is 4.98 Å². The molecule has 0 saturated carbocycles. The molecule has 1 aromatic heterocycles. The van der Waals surface area contributed by atoms with E-state index in [2.05, 4.69) is 4.98 Å². The van der Waals surface area contributed by atoms with E-state index < -0.39 is 9.84 Å². The van der Waals surface area contributed by atoms with Crippen LogP contribution in [0.2, 0.25) is 0 Å². The van der Waals surface area contributed by atoms with Crippen LogP contribution in [0.4, 0.5) is 0 Å². The molecule has 0 amide bonds. The summed E-state index contributed by atoms with van der Waals surface area (Å²) in [6.07, 6.45) is 2.11. The third-order valence-corrected chi connectivity index (χ3v) is 4.19. The molecule has 1 heterocycles. The van der Waals surface area contributed by atoms with E-state index in [0.717, 1.165) is 5.69 Å². The molecule has 3 nitrogen and oxygen atoms in total. The maximum Gasteiger partial charge on any atom is 0.178 e. The van der Waals surface area contributed by atoms with Crippen molar-refractivity contribution in [2.24, 2.45) is 0 Å². The summed E-state index contributed by atoms with van der Waals surface area (Å²) in [6, 6.07) is 14.0. The van der Waals surface area contributed by atoms with Gasteiger partial charge in [-0.05, 0) is 24.3 Å². The molecule has 96 valence electrons. The van der Waals surface area contributed by atoms with Gasteiger partial charge in [-0.1, -0.05) is 24.3 Å². The second-order valence-electron chi connectivity index (χ2n) is 3.70. The van der Waals surface area contributed by atoms with E-state index in [-0.39, 0.29) is 18.2 Å². The number of aromatic nitrogens is 1. The van der Waals surface area contributed by atoms with E-state index in [0.29, 0.717) is 11.3 Å². The second kappa shape index (κ2) is 6.52. The Labute approximate surface area is 113 Å². The largest absolute Gasteiger partial charge is 0.261 e. The highest BCUT2D eigenvalue weighted by Gasteiger charge is 2.13. The van der Waals surface area contributed by atoms with Gasteiger partial charge in [-0.2, -0.15) is 0 Å². The smallest absolute Gasteiger partial charge is 0.178 e. The molecule has 2 aromatic rings. The first-order chi connectivity index (χ1) is 8.18. The molecule has 0 aliphatic carbocycles. The average Bonchev–Trinajstić information content (AvgIpc) is 2.39. The number of sulfone groups is 1. The molecule has 0 unspecified atom stereocenters. The molecule has 0 radical (unpaired) electrons. The van der Waals surface area contributed by atoms with Crippen LogP contribution in [-0.4, -0.2) is 19.2 Å². The standard InChI is InChI=1S/C13H13NO2S.ClH/c15-17(16,13-7-2-1-3-8-13)11-9-12-6-4-5-10-14-12;/h1-8,10H,9,11H2;1H. The van der Waals surface area contributed by atoms with Gasteiger partial charge in [-0.25, -0.2) is 8.42 Å². The van der Waals surface area contributed by atoms with Gasteiger partial charge in [0.2, 0.25) is 0 Å². The van der Waals surface area contributed by atoms with Gasteiger partial charge in [0.05, 0.1) is 10.6 Å². The Kier molecular flexibility index (Phi) is 5.31. The van der Waals surface area contributed by atoms with Crippen molar-refractivity contribution >= 4 is 22.2 Å². The lowest BCUT2D eigenvalue weighted by atomic mass is 10.3. The Bertz CT molecular complexity index is 570. The molecule has 0 aliphatic heterocycles. The van der Waals surface area contributed by atoms with Gasteiger partial charge in [-0.3, -0.25) is 4.98 Å². The van der Waals surface area contributed by atoms with Gasteiger partial charge in [-0.15, -0.1) is 12.4 Å². The van der Waals surface area contributed by atoms with Gasteiger partial charge >= 0.3 is 0 Å². The summed E-state index contributed by atoms with van der Waals surface area (Å²) >= 11 is 0. The topological polar surface area (TPSA) is 47.0 Å². The Hall–Kier alpha value is -1.39. The summed E-state index contributed by atoms with van der Waals surface area (Å²) in [6.45, 7) is 0. The number of pyridine rings is 1. The predicted octanol–water partition coefficient (Wildman–Crippen LogP) is 2.52. The Morgan fingerprint density at radius 1 is 0.944 bits per heavy atom. The van der Waals surface area contributed by atoms with Crippen LogP contribution in [-0.2, 0) is 16.3 Å². The van der Waals surface area contributed by atoms with Crippen molar-refractivity contribution in [3.05, 3.63) is 60.4 Å². The summed E-state index contributed by atoms with van der Waals surface area (Å²) in [4.78, 5) is 4.48. The molecule has 0 saturated heterocycles. The zero-order valence-electron chi connectivity index (χ0n) is 9.69. The highest BCUT2D eigenvalue weighted by atomic mass is 35.5. The van der Waals surface area contributed by atoms with Crippen molar-refractivity contribution in [2.75, 3.05) is 5.75 Å². The van der Waals surface area contributed by atoms with Crippen molar-refractivity contribution in [3.8, 4) is 0 Å². The molecule has 0 spiro atoms. The summed E-state index contributed by atoms with van der Waals surface area (Å²) in [7, 11) is -3.20. The van der Waals surface area contributed by atoms with Gasteiger partial charge in [0, 0.05) is 18.3 Å². The lowest BCUT2D eigenvalue weighted by Crippen LogP contribution is -2.09. The Morgan fingerprint density at radius 2 is 1.61 bits per heavy atom. The minimum atomic E-state index is -3.20. The minimum Gasteiger partial charge on any atom is -0.261 e. The number of rotatable bonds is 4. The van der Waals surface area contributed by atoms with E-state index >= 15 is 0 Å². The quantitative estimate of drug-likeness (QED) is 0.866. The first kappa shape index (κ1) is 14.7. The molecule has 2 rings (SSSR count). The maximum absolute atomic E-state index is 12.0. The van der Waals surface area contributed by atoms with Gasteiger partial charge in [0.25, 0.3) is 0 Å². The van der Waals surface area contributed by atoms with Gasteiger partial charge in [0.15, 0.2) is 9.84 Å². The fourth-order valence-electron chi connectivity index (χ4n) is 1.53. The predicted molar refractivity (Wildman–Crippen MR) is 73.7 cm³/mol. The van der Waals surface area contributed by atoms with E-state index in [4.69, 9.17) is 0 Å². The van der Waals surface area contributed by atoms with Crippen LogP contribution < -0.4 is 0 Å². The summed E-state index contributed by atoms with van der Waals surface area (Å²) in [5.74, 6) is 0.0913. The zero-order valence-corrected chi connectivity index (χ0v) is 11.3. The fourth-order valence-corrected chi connectivity index (χ4v) is 2.82. The van der Waals surface area contributed by atoms with Gasteiger partial charge in [0.1, 0.15) is 0 Å². The van der Waals surface area contributed by atoms with Crippen LogP contribution in [0.15, 0.2) is 59.6 Å². The van der Waals surface area contributed by atoms with Crippen LogP contribution in [0.5, 0.6) is 0 Å². The summed E-state index contributed by atoms with van der Waals surface area (Å²) < 4.78 is 24.0. The molecule has 0 fully saturated rings. The highest BCUT2D eigenvalue weighted by molar-refractivity contribution is 7.91. The normalized spacial score (nSPS) is 10.7. The lowest BCUT2D eigenvalue weighted by Gasteiger charge is -2.03. The number of aryl methyl sites for hydroxylation is 1. The number of nitrogens with zero attached hydrogens (tertiary/aromatic N) is 1. The summed E-state index contributed by atoms with van der Waals surface area (Å²) in [5.41, 5.74) is 0.798. The Balaban J connectivity index is 0.00000162. The zero-order chi connectivity index (χ0) is 12.1. The number of hydrogen-bond acceptors (Lipinski definition) is 3. The monoisotopic (exact) mass is 283 g/mol. The molecular weight excluding hydrogens is 270 g/mol. The van der Waals surface area contributed by atoms with Crippen molar-refractivity contribution in [3.63, 3.8) is 0 Å². The van der Waals surface area contributed by atoms with Crippen LogP contribution in [0.1, 0.15) is 5.69 Å². The van der Waals surface area contributed by atoms with E-state index in [1.54, 1.807) is 36.5 Å². The van der Waals surface area contributed by atoms with E-state index in [9.17, 15) is 8.42 Å². The van der Waals surface area contributed by atoms with Crippen molar-refractivity contribution < 1.29 is 8.42 Å². The van der Waals surface area contributed by atoms with Crippen molar-refractivity contribution in [2.45, 2.75) is 11.3 Å². The van der Waals surface area contributed by atoms with Crippen LogP contribution in [0.3, 0.4) is 0 Å². The van der Waals surface area contributed by atoms with Gasteiger partial charge < -0.3 is 0 Å². The molecule has 18 heavy (non-hydrogen) atoms. The first-order valence-corrected chi connectivity index (χ1v) is 7.01. The Morgan fingerprint density at radius 3 is 2.22 bits per heavy atom. The SMILES string of the molecule is Cl.O=S(=O)(CCc1ccccn1)c1ccccc1. The fraction of sp³-hybridized carbons (Fsp3) is 0.154. The van der Waals surface area contributed by atoms with Crippen LogP contribution >= 0.6 is 12.4 Å². The van der Waals surface area contributed by atoms with E-state index in [1.165, 1.54) is 0 Å². The number of benzene rings is 1. The number of halogens is 1. The van der Waals surface area contributed by atoms with Crippen LogP contribution in [0.25, 0.3) is 0 Å².